The molecule has 0 saturated heterocycles. The van der Waals surface area contributed by atoms with Crippen molar-refractivity contribution in [3.05, 3.63) is 30.1 Å². The van der Waals surface area contributed by atoms with E-state index in [1.165, 1.54) is 12.1 Å². The molecule has 0 spiro atoms. The first kappa shape index (κ1) is 8.48. The van der Waals surface area contributed by atoms with Gasteiger partial charge in [0.15, 0.2) is 0 Å². The Morgan fingerprint density at radius 2 is 2.00 bits per heavy atom. The van der Waals surface area contributed by atoms with Crippen LogP contribution in [0.3, 0.4) is 0 Å². The molecular weight excluding hydrogens is 162 g/mol. The smallest absolute Gasteiger partial charge is 0.123 e. The summed E-state index contributed by atoms with van der Waals surface area (Å²) >= 11 is 0. The van der Waals surface area contributed by atoms with Gasteiger partial charge in [-0.05, 0) is 25.5 Å². The fourth-order valence-corrected chi connectivity index (χ4v) is 1.69. The summed E-state index contributed by atoms with van der Waals surface area (Å²) in [4.78, 5) is 0. The molecule has 1 aromatic carbocycles. The Morgan fingerprint density at radius 3 is 2.36 bits per heavy atom. The lowest BCUT2D eigenvalue weighted by Crippen LogP contribution is -2.02. The molecule has 0 atom stereocenters. The SMILES string of the molecule is CP(C)(=O)c1cccc(F)c1. The standard InChI is InChI=1S/C8H10FOP/c1-11(2,10)8-5-3-4-7(9)6-8/h3-6H,1-2H3. The Hall–Kier alpha value is -0.620. The third-order valence-corrected chi connectivity index (χ3v) is 2.95. The monoisotopic (exact) mass is 172 g/mol. The van der Waals surface area contributed by atoms with E-state index in [0.29, 0.717) is 5.30 Å². The van der Waals surface area contributed by atoms with Crippen LogP contribution >= 0.6 is 7.14 Å². The van der Waals surface area contributed by atoms with Crippen LogP contribution in [0.1, 0.15) is 0 Å². The first-order valence-electron chi connectivity index (χ1n) is 3.31. The predicted molar refractivity (Wildman–Crippen MR) is 45.5 cm³/mol. The highest BCUT2D eigenvalue weighted by Crippen LogP contribution is 2.34. The van der Waals surface area contributed by atoms with Crippen molar-refractivity contribution in [2.45, 2.75) is 0 Å². The summed E-state index contributed by atoms with van der Waals surface area (Å²) in [6, 6.07) is 5.92. The molecule has 1 nitrogen and oxygen atoms in total. The van der Waals surface area contributed by atoms with Gasteiger partial charge in [0.25, 0.3) is 0 Å². The van der Waals surface area contributed by atoms with E-state index in [1.807, 2.05) is 0 Å². The van der Waals surface area contributed by atoms with Crippen LogP contribution in [0, 0.1) is 5.82 Å². The van der Waals surface area contributed by atoms with E-state index in [9.17, 15) is 8.96 Å². The number of hydrogen-bond donors (Lipinski definition) is 0. The maximum Gasteiger partial charge on any atom is 0.123 e. The van der Waals surface area contributed by atoms with Crippen LogP contribution in [0.15, 0.2) is 24.3 Å². The van der Waals surface area contributed by atoms with Crippen molar-refractivity contribution in [3.63, 3.8) is 0 Å². The summed E-state index contributed by atoms with van der Waals surface area (Å²) in [6.07, 6.45) is 0. The molecular formula is C8H10FOP. The van der Waals surface area contributed by atoms with E-state index in [4.69, 9.17) is 0 Å². The van der Waals surface area contributed by atoms with Crippen LogP contribution in [0.25, 0.3) is 0 Å². The summed E-state index contributed by atoms with van der Waals surface area (Å²) < 4.78 is 24.0. The zero-order valence-electron chi connectivity index (χ0n) is 6.54. The fraction of sp³-hybridized carbons (Fsp3) is 0.250. The van der Waals surface area contributed by atoms with Crippen molar-refractivity contribution < 1.29 is 8.96 Å². The highest BCUT2D eigenvalue weighted by molar-refractivity contribution is 7.70. The molecule has 0 radical (unpaired) electrons. The zero-order chi connectivity index (χ0) is 8.48. The molecule has 0 heterocycles. The van der Waals surface area contributed by atoms with Crippen LogP contribution < -0.4 is 5.30 Å². The normalized spacial score (nSPS) is 11.5. The van der Waals surface area contributed by atoms with Crippen molar-refractivity contribution in [1.82, 2.24) is 0 Å². The average Bonchev–Trinajstić information content (AvgIpc) is 1.86. The molecule has 1 rings (SSSR count). The predicted octanol–water partition coefficient (Wildman–Crippen LogP) is 2.07. The molecule has 0 aliphatic carbocycles. The first-order valence-corrected chi connectivity index (χ1v) is 5.91. The summed E-state index contributed by atoms with van der Waals surface area (Å²) in [5.74, 6) is -0.327. The molecule has 0 fully saturated rings. The van der Waals surface area contributed by atoms with E-state index in [1.54, 1.807) is 25.5 Å². The molecule has 0 aliphatic heterocycles. The minimum absolute atomic E-state index is 0.327. The van der Waals surface area contributed by atoms with Crippen molar-refractivity contribution in [2.24, 2.45) is 0 Å². The highest BCUT2D eigenvalue weighted by atomic mass is 31.2. The van der Waals surface area contributed by atoms with Gasteiger partial charge in [-0.1, -0.05) is 12.1 Å². The molecule has 3 heteroatoms. The van der Waals surface area contributed by atoms with E-state index in [2.05, 4.69) is 0 Å². The lowest BCUT2D eigenvalue weighted by Gasteiger charge is -2.05. The van der Waals surface area contributed by atoms with Gasteiger partial charge < -0.3 is 4.57 Å². The van der Waals surface area contributed by atoms with Gasteiger partial charge >= 0.3 is 0 Å². The van der Waals surface area contributed by atoms with Gasteiger partial charge in [-0.3, -0.25) is 0 Å². The van der Waals surface area contributed by atoms with E-state index >= 15 is 0 Å². The molecule has 0 aliphatic rings. The van der Waals surface area contributed by atoms with Gasteiger partial charge in [-0.25, -0.2) is 4.39 Å². The zero-order valence-corrected chi connectivity index (χ0v) is 7.44. The Morgan fingerprint density at radius 1 is 1.36 bits per heavy atom. The van der Waals surface area contributed by atoms with Crippen molar-refractivity contribution in [1.29, 1.82) is 0 Å². The molecule has 0 saturated carbocycles. The second-order valence-corrected chi connectivity index (χ2v) is 6.05. The first-order chi connectivity index (χ1) is 5.00. The average molecular weight is 172 g/mol. The summed E-state index contributed by atoms with van der Waals surface area (Å²) in [6.45, 7) is 3.25. The Balaban J connectivity index is 3.17. The van der Waals surface area contributed by atoms with Gasteiger partial charge in [0, 0.05) is 5.30 Å². The second-order valence-electron chi connectivity index (χ2n) is 2.83. The minimum atomic E-state index is -2.29. The van der Waals surface area contributed by atoms with Gasteiger partial charge in [0.05, 0.1) is 0 Å². The molecule has 0 amide bonds. The van der Waals surface area contributed by atoms with Crippen LogP contribution in [0.2, 0.25) is 0 Å². The third kappa shape index (κ3) is 2.16. The molecule has 0 unspecified atom stereocenters. The Bertz CT molecular complexity index is 303. The Labute approximate surface area is 65.6 Å². The lowest BCUT2D eigenvalue weighted by atomic mass is 10.3. The minimum Gasteiger partial charge on any atom is -0.319 e. The highest BCUT2D eigenvalue weighted by Gasteiger charge is 2.10. The third-order valence-electron chi connectivity index (χ3n) is 1.43. The molecule has 60 valence electrons. The Kier molecular flexibility index (Phi) is 2.15. The lowest BCUT2D eigenvalue weighted by molar-refractivity contribution is 0.587. The second kappa shape index (κ2) is 2.78. The largest absolute Gasteiger partial charge is 0.319 e. The van der Waals surface area contributed by atoms with Crippen molar-refractivity contribution in [3.8, 4) is 0 Å². The fourth-order valence-electron chi connectivity index (χ4n) is 0.811. The number of halogens is 1. The van der Waals surface area contributed by atoms with Crippen molar-refractivity contribution in [2.75, 3.05) is 13.3 Å². The molecule has 0 bridgehead atoms. The van der Waals surface area contributed by atoms with Gasteiger partial charge in [-0.15, -0.1) is 0 Å². The summed E-state index contributed by atoms with van der Waals surface area (Å²) in [5.41, 5.74) is 0. The molecule has 0 aromatic heterocycles. The van der Waals surface area contributed by atoms with E-state index in [0.717, 1.165) is 0 Å². The van der Waals surface area contributed by atoms with E-state index in [-0.39, 0.29) is 5.82 Å². The van der Waals surface area contributed by atoms with Gasteiger partial charge in [-0.2, -0.15) is 0 Å². The maximum atomic E-state index is 12.6. The van der Waals surface area contributed by atoms with Crippen LogP contribution in [-0.4, -0.2) is 13.3 Å². The van der Waals surface area contributed by atoms with Gasteiger partial charge in [0.2, 0.25) is 0 Å². The molecule has 11 heavy (non-hydrogen) atoms. The topological polar surface area (TPSA) is 17.1 Å². The van der Waals surface area contributed by atoms with Crippen LogP contribution in [-0.2, 0) is 4.57 Å². The van der Waals surface area contributed by atoms with Gasteiger partial charge in [0.1, 0.15) is 13.0 Å². The summed E-state index contributed by atoms with van der Waals surface area (Å²) in [5, 5.41) is 0.595. The summed E-state index contributed by atoms with van der Waals surface area (Å²) in [7, 11) is -2.29. The van der Waals surface area contributed by atoms with Crippen molar-refractivity contribution >= 4 is 12.4 Å². The number of benzene rings is 1. The van der Waals surface area contributed by atoms with Crippen LogP contribution in [0.4, 0.5) is 4.39 Å². The van der Waals surface area contributed by atoms with E-state index < -0.39 is 7.14 Å². The number of rotatable bonds is 1. The molecule has 1 aromatic rings. The number of hydrogen-bond acceptors (Lipinski definition) is 1. The van der Waals surface area contributed by atoms with Crippen LogP contribution in [0.5, 0.6) is 0 Å². The molecule has 0 N–H and O–H groups in total. The maximum absolute atomic E-state index is 12.6. The quantitative estimate of drug-likeness (QED) is 0.592.